The van der Waals surface area contributed by atoms with E-state index in [0.717, 1.165) is 6.26 Å². The lowest BCUT2D eigenvalue weighted by atomic mass is 10.0. The van der Waals surface area contributed by atoms with E-state index in [-0.39, 0.29) is 17.7 Å². The maximum atomic E-state index is 12.5. The fourth-order valence-electron chi connectivity index (χ4n) is 2.76. The van der Waals surface area contributed by atoms with Gasteiger partial charge in [-0.2, -0.15) is 0 Å². The first kappa shape index (κ1) is 18.7. The van der Waals surface area contributed by atoms with E-state index in [1.807, 2.05) is 13.8 Å². The van der Waals surface area contributed by atoms with Crippen molar-refractivity contribution in [3.05, 3.63) is 16.1 Å². The topological polar surface area (TPSA) is 114 Å². The number of amides is 3. The fourth-order valence-corrected chi connectivity index (χ4v) is 4.75. The smallest absolute Gasteiger partial charge is 0.321 e. The van der Waals surface area contributed by atoms with Gasteiger partial charge in [0.2, 0.25) is 5.91 Å². The van der Waals surface area contributed by atoms with Gasteiger partial charge < -0.3 is 15.5 Å². The van der Waals surface area contributed by atoms with Crippen LogP contribution in [-0.4, -0.2) is 60.5 Å². The number of urea groups is 1. The molecule has 1 fully saturated rings. The largest absolute Gasteiger partial charge is 0.368 e. The van der Waals surface area contributed by atoms with Crippen molar-refractivity contribution in [1.29, 1.82) is 0 Å². The summed E-state index contributed by atoms with van der Waals surface area (Å²) in [6, 6.07) is -0.871. The normalized spacial score (nSPS) is 16.9. The quantitative estimate of drug-likeness (QED) is 0.744. The summed E-state index contributed by atoms with van der Waals surface area (Å²) in [6.07, 6.45) is 1.16. The molecule has 0 saturated carbocycles. The molecule has 8 nitrogen and oxygen atoms in total. The molecule has 1 aliphatic rings. The van der Waals surface area contributed by atoms with Crippen LogP contribution < -0.4 is 5.73 Å². The molecular formula is C14H22N4O4S2. The van der Waals surface area contributed by atoms with Gasteiger partial charge in [-0.15, -0.1) is 11.3 Å². The third-order valence-electron chi connectivity index (χ3n) is 3.72. The number of carbonyl (C=O) groups is 2. The Balaban J connectivity index is 2.05. The minimum atomic E-state index is -3.13. The Hall–Kier alpha value is -1.68. The molecule has 3 amide bonds. The van der Waals surface area contributed by atoms with Crippen molar-refractivity contribution in [2.45, 2.75) is 32.2 Å². The molecule has 1 saturated heterocycles. The summed E-state index contributed by atoms with van der Waals surface area (Å²) in [5, 5.41) is 2.26. The molecule has 0 radical (unpaired) electrons. The zero-order chi connectivity index (χ0) is 18.1. The maximum Gasteiger partial charge on any atom is 0.321 e. The first-order chi connectivity index (χ1) is 11.1. The van der Waals surface area contributed by atoms with E-state index < -0.39 is 21.8 Å². The molecule has 0 aliphatic carbocycles. The van der Waals surface area contributed by atoms with E-state index in [0.29, 0.717) is 30.3 Å². The summed E-state index contributed by atoms with van der Waals surface area (Å²) in [4.78, 5) is 31.5. The van der Waals surface area contributed by atoms with E-state index in [4.69, 9.17) is 5.73 Å². The molecule has 1 aromatic heterocycles. The third kappa shape index (κ3) is 4.44. The lowest BCUT2D eigenvalue weighted by Crippen LogP contribution is -2.49. The maximum absolute atomic E-state index is 12.5. The molecule has 2 rings (SSSR count). The molecule has 24 heavy (non-hydrogen) atoms. The Morgan fingerprint density at radius 2 is 2.08 bits per heavy atom. The lowest BCUT2D eigenvalue weighted by molar-refractivity contribution is -0.123. The number of carbonyl (C=O) groups excluding carboxylic acids is 2. The van der Waals surface area contributed by atoms with Gasteiger partial charge in [0.05, 0.1) is 12.2 Å². The van der Waals surface area contributed by atoms with Gasteiger partial charge in [0.1, 0.15) is 16.8 Å². The van der Waals surface area contributed by atoms with Crippen LogP contribution >= 0.6 is 11.3 Å². The van der Waals surface area contributed by atoms with Crippen LogP contribution in [0, 0.1) is 5.92 Å². The summed E-state index contributed by atoms with van der Waals surface area (Å²) < 4.78 is 22.6. The molecular weight excluding hydrogens is 352 g/mol. The van der Waals surface area contributed by atoms with Gasteiger partial charge in [0, 0.05) is 24.7 Å². The minimum absolute atomic E-state index is 0.0629. The monoisotopic (exact) mass is 374 g/mol. The van der Waals surface area contributed by atoms with Crippen molar-refractivity contribution in [2.24, 2.45) is 11.7 Å². The number of nitrogens with zero attached hydrogens (tertiary/aromatic N) is 3. The average Bonchev–Trinajstić information content (AvgIpc) is 2.98. The minimum Gasteiger partial charge on any atom is -0.368 e. The molecule has 0 aromatic carbocycles. The number of nitrogens with two attached hydrogens (primary N) is 1. The average molecular weight is 374 g/mol. The van der Waals surface area contributed by atoms with Crippen LogP contribution in [0.3, 0.4) is 0 Å². The molecule has 0 bridgehead atoms. The third-order valence-corrected chi connectivity index (χ3v) is 5.60. The highest BCUT2D eigenvalue weighted by atomic mass is 32.2. The van der Waals surface area contributed by atoms with E-state index in [2.05, 4.69) is 4.98 Å². The van der Waals surface area contributed by atoms with Crippen LogP contribution in [0.1, 0.15) is 24.5 Å². The predicted octanol–water partition coefficient (Wildman–Crippen LogP) is 0.435. The Morgan fingerprint density at radius 1 is 1.42 bits per heavy atom. The van der Waals surface area contributed by atoms with E-state index >= 15 is 0 Å². The van der Waals surface area contributed by atoms with Gasteiger partial charge >= 0.3 is 6.03 Å². The molecule has 134 valence electrons. The van der Waals surface area contributed by atoms with Crippen molar-refractivity contribution < 1.29 is 18.0 Å². The van der Waals surface area contributed by atoms with Crippen LogP contribution in [-0.2, 0) is 26.9 Å². The zero-order valence-corrected chi connectivity index (χ0v) is 15.6. The molecule has 2 N–H and O–H groups in total. The predicted molar refractivity (Wildman–Crippen MR) is 91.0 cm³/mol. The Labute approximate surface area is 145 Å². The highest BCUT2D eigenvalue weighted by Gasteiger charge is 2.38. The van der Waals surface area contributed by atoms with Crippen LogP contribution in [0.5, 0.6) is 0 Å². The number of rotatable bonds is 7. The van der Waals surface area contributed by atoms with Gasteiger partial charge in [0.25, 0.3) is 0 Å². The molecule has 2 heterocycles. The van der Waals surface area contributed by atoms with E-state index in [1.165, 1.54) is 16.2 Å². The van der Waals surface area contributed by atoms with E-state index in [1.54, 1.807) is 10.3 Å². The van der Waals surface area contributed by atoms with E-state index in [9.17, 15) is 18.0 Å². The van der Waals surface area contributed by atoms with Crippen LogP contribution in [0.4, 0.5) is 4.79 Å². The van der Waals surface area contributed by atoms with Gasteiger partial charge in [-0.3, -0.25) is 4.79 Å². The number of hydrogen-bond acceptors (Lipinski definition) is 6. The summed E-state index contributed by atoms with van der Waals surface area (Å²) in [5.74, 6) is -0.675. The highest BCUT2D eigenvalue weighted by Crippen LogP contribution is 2.21. The van der Waals surface area contributed by atoms with Crippen molar-refractivity contribution >= 4 is 33.1 Å². The second-order valence-electron chi connectivity index (χ2n) is 6.29. The number of thiazole rings is 1. The zero-order valence-electron chi connectivity index (χ0n) is 13.9. The highest BCUT2D eigenvalue weighted by molar-refractivity contribution is 7.90. The second kappa shape index (κ2) is 7.06. The molecule has 0 spiro atoms. The van der Waals surface area contributed by atoms with Crippen molar-refractivity contribution in [3.63, 3.8) is 0 Å². The first-order valence-corrected chi connectivity index (χ1v) is 10.5. The summed E-state index contributed by atoms with van der Waals surface area (Å²) in [7, 11) is -3.13. The molecule has 1 unspecified atom stereocenters. The Kier molecular flexibility index (Phi) is 5.49. The van der Waals surface area contributed by atoms with Crippen molar-refractivity contribution in [3.8, 4) is 0 Å². The second-order valence-corrected chi connectivity index (χ2v) is 9.37. The van der Waals surface area contributed by atoms with Gasteiger partial charge in [-0.25, -0.2) is 18.2 Å². The summed E-state index contributed by atoms with van der Waals surface area (Å²) >= 11 is 1.26. The first-order valence-electron chi connectivity index (χ1n) is 7.54. The summed E-state index contributed by atoms with van der Waals surface area (Å²) in [5.41, 5.74) is 6.07. The molecule has 1 aliphatic heterocycles. The van der Waals surface area contributed by atoms with Crippen LogP contribution in [0.2, 0.25) is 0 Å². The van der Waals surface area contributed by atoms with Gasteiger partial charge in [0.15, 0.2) is 9.84 Å². The SMILES string of the molecule is CC(C)C(C(N)=O)N1CCN(Cc2csc(CS(C)(=O)=O)n2)C1=O. The number of sulfone groups is 1. The van der Waals surface area contributed by atoms with Crippen LogP contribution in [0.25, 0.3) is 0 Å². The van der Waals surface area contributed by atoms with Crippen LogP contribution in [0.15, 0.2) is 5.38 Å². The molecule has 10 heteroatoms. The van der Waals surface area contributed by atoms with Gasteiger partial charge in [-0.1, -0.05) is 13.8 Å². The lowest BCUT2D eigenvalue weighted by Gasteiger charge is -2.28. The Bertz CT molecular complexity index is 729. The molecule has 1 aromatic rings. The number of hydrogen-bond donors (Lipinski definition) is 1. The van der Waals surface area contributed by atoms with Crippen molar-refractivity contribution in [1.82, 2.24) is 14.8 Å². The number of aromatic nitrogens is 1. The number of primary amides is 1. The van der Waals surface area contributed by atoms with Crippen molar-refractivity contribution in [2.75, 3.05) is 19.3 Å². The summed E-state index contributed by atoms with van der Waals surface area (Å²) in [6.45, 7) is 4.91. The fraction of sp³-hybridized carbons (Fsp3) is 0.643. The van der Waals surface area contributed by atoms with Gasteiger partial charge in [-0.05, 0) is 5.92 Å². The standard InChI is InChI=1S/C14H22N4O4S2/c1-9(2)12(13(15)19)18-5-4-17(14(18)20)6-10-7-23-11(16-10)8-24(3,21)22/h7,9,12H,4-6,8H2,1-3H3,(H2,15,19). The Morgan fingerprint density at radius 3 is 2.62 bits per heavy atom. The molecule has 1 atom stereocenters.